The van der Waals surface area contributed by atoms with Crippen LogP contribution in [-0.2, 0) is 19.7 Å². The lowest BCUT2D eigenvalue weighted by Gasteiger charge is -2.16. The Morgan fingerprint density at radius 3 is 2.61 bits per heavy atom. The van der Waals surface area contributed by atoms with Gasteiger partial charge < -0.3 is 24.3 Å². The van der Waals surface area contributed by atoms with Crippen LogP contribution in [0, 0.1) is 0 Å². The molecule has 0 unspecified atom stereocenters. The van der Waals surface area contributed by atoms with Crippen molar-refractivity contribution in [2.75, 3.05) is 13.4 Å². The van der Waals surface area contributed by atoms with Crippen molar-refractivity contribution in [2.24, 2.45) is 0 Å². The Kier molecular flexibility index (Phi) is 7.22. The van der Waals surface area contributed by atoms with Crippen LogP contribution < -0.4 is 24.3 Å². The van der Waals surface area contributed by atoms with E-state index in [1.807, 2.05) is 61.5 Å². The van der Waals surface area contributed by atoms with E-state index in [1.54, 1.807) is 0 Å². The maximum atomic E-state index is 6.25. The third-order valence-electron chi connectivity index (χ3n) is 4.79. The largest absolute Gasteiger partial charge is 0.490 e. The van der Waals surface area contributed by atoms with Crippen molar-refractivity contribution in [1.82, 2.24) is 5.32 Å². The summed E-state index contributed by atoms with van der Waals surface area (Å²) in [5.41, 5.74) is 3.14. The first-order valence-electron chi connectivity index (χ1n) is 10.0. The zero-order chi connectivity index (χ0) is 21.6. The van der Waals surface area contributed by atoms with E-state index in [0.717, 1.165) is 32.7 Å². The third-order valence-corrected chi connectivity index (χ3v) is 5.75. The van der Waals surface area contributed by atoms with Gasteiger partial charge in [-0.15, -0.1) is 0 Å². The van der Waals surface area contributed by atoms with Gasteiger partial charge in [0.25, 0.3) is 0 Å². The van der Waals surface area contributed by atoms with Gasteiger partial charge in [-0.3, -0.25) is 0 Å². The van der Waals surface area contributed by atoms with Gasteiger partial charge in [-0.25, -0.2) is 0 Å². The first-order valence-corrected chi connectivity index (χ1v) is 11.2. The van der Waals surface area contributed by atoms with Crippen LogP contribution in [0.2, 0.25) is 5.02 Å². The van der Waals surface area contributed by atoms with Gasteiger partial charge in [-0.1, -0.05) is 35.9 Å². The van der Waals surface area contributed by atoms with Gasteiger partial charge in [0, 0.05) is 23.7 Å². The minimum atomic E-state index is 0.283. The molecule has 0 amide bonds. The molecule has 0 radical (unpaired) electrons. The van der Waals surface area contributed by atoms with Crippen LogP contribution in [0.4, 0.5) is 0 Å². The molecule has 3 aromatic carbocycles. The van der Waals surface area contributed by atoms with Gasteiger partial charge in [0.2, 0.25) is 6.79 Å². The molecule has 1 heterocycles. The number of hydrogen-bond acceptors (Lipinski definition) is 5. The second-order valence-corrected chi connectivity index (χ2v) is 8.27. The van der Waals surface area contributed by atoms with Crippen LogP contribution >= 0.6 is 27.5 Å². The number of rotatable bonds is 9. The Hall–Kier alpha value is -2.41. The Balaban J connectivity index is 1.42. The highest BCUT2D eigenvalue weighted by molar-refractivity contribution is 9.10. The maximum Gasteiger partial charge on any atom is 0.231 e. The van der Waals surface area contributed by atoms with Gasteiger partial charge in [-0.05, 0) is 64.3 Å². The van der Waals surface area contributed by atoms with Crippen LogP contribution in [0.1, 0.15) is 23.6 Å². The standard InChI is InChI=1S/C24H23BrClNO4/c1-2-28-23-11-17(13-27-12-16-7-8-21-22(10-16)31-15-30-21)9-19(25)24(23)29-14-18-5-3-4-6-20(18)26/h3-11,27H,2,12-15H2,1H3. The number of nitrogens with one attached hydrogen (secondary N) is 1. The molecule has 0 aliphatic carbocycles. The van der Waals surface area contributed by atoms with E-state index in [9.17, 15) is 0 Å². The summed E-state index contributed by atoms with van der Waals surface area (Å²) in [5.74, 6) is 2.95. The topological polar surface area (TPSA) is 49.0 Å². The first kappa shape index (κ1) is 21.8. The summed E-state index contributed by atoms with van der Waals surface area (Å²) in [7, 11) is 0. The van der Waals surface area contributed by atoms with Gasteiger partial charge in [-0.2, -0.15) is 0 Å². The van der Waals surface area contributed by atoms with Crippen molar-refractivity contribution in [3.05, 3.63) is 80.8 Å². The van der Waals surface area contributed by atoms with Gasteiger partial charge in [0.05, 0.1) is 11.1 Å². The van der Waals surface area contributed by atoms with Crippen LogP contribution in [0.5, 0.6) is 23.0 Å². The fourth-order valence-corrected chi connectivity index (χ4v) is 4.09. The molecule has 162 valence electrons. The molecule has 0 atom stereocenters. The molecule has 1 aliphatic heterocycles. The lowest BCUT2D eigenvalue weighted by Crippen LogP contribution is -2.13. The molecule has 0 fully saturated rings. The maximum absolute atomic E-state index is 6.25. The normalized spacial score (nSPS) is 12.1. The lowest BCUT2D eigenvalue weighted by molar-refractivity contribution is 0.174. The molecule has 1 N–H and O–H groups in total. The highest BCUT2D eigenvalue weighted by Crippen LogP contribution is 2.38. The van der Waals surface area contributed by atoms with Crippen molar-refractivity contribution in [2.45, 2.75) is 26.6 Å². The molecule has 31 heavy (non-hydrogen) atoms. The van der Waals surface area contributed by atoms with Crippen molar-refractivity contribution in [3.8, 4) is 23.0 Å². The molecule has 7 heteroatoms. The number of hydrogen-bond donors (Lipinski definition) is 1. The zero-order valence-corrected chi connectivity index (χ0v) is 19.5. The highest BCUT2D eigenvalue weighted by Gasteiger charge is 2.15. The number of ether oxygens (including phenoxy) is 4. The Bertz CT molecular complexity index is 1060. The predicted molar refractivity (Wildman–Crippen MR) is 124 cm³/mol. The summed E-state index contributed by atoms with van der Waals surface area (Å²) in [5, 5.41) is 4.14. The quantitative estimate of drug-likeness (QED) is 0.382. The SMILES string of the molecule is CCOc1cc(CNCc2ccc3c(c2)OCO3)cc(Br)c1OCc1ccccc1Cl. The molecule has 4 rings (SSSR count). The minimum Gasteiger partial charge on any atom is -0.490 e. The van der Waals surface area contributed by atoms with E-state index in [4.69, 9.17) is 30.5 Å². The summed E-state index contributed by atoms with van der Waals surface area (Å²) < 4.78 is 23.5. The predicted octanol–water partition coefficient (Wildman–Crippen LogP) is 6.10. The Labute approximate surface area is 195 Å². The van der Waals surface area contributed by atoms with Crippen molar-refractivity contribution in [1.29, 1.82) is 0 Å². The van der Waals surface area contributed by atoms with E-state index in [-0.39, 0.29) is 6.79 Å². The van der Waals surface area contributed by atoms with E-state index >= 15 is 0 Å². The van der Waals surface area contributed by atoms with E-state index < -0.39 is 0 Å². The summed E-state index contributed by atoms with van der Waals surface area (Å²) in [6.45, 7) is 4.53. The fraction of sp³-hybridized carbons (Fsp3) is 0.250. The van der Waals surface area contributed by atoms with Crippen LogP contribution in [0.3, 0.4) is 0 Å². The number of benzene rings is 3. The summed E-state index contributed by atoms with van der Waals surface area (Å²) in [6.07, 6.45) is 0. The van der Waals surface area contributed by atoms with Crippen LogP contribution in [-0.4, -0.2) is 13.4 Å². The lowest BCUT2D eigenvalue weighted by atomic mass is 10.1. The summed E-state index contributed by atoms with van der Waals surface area (Å²) in [4.78, 5) is 0. The van der Waals surface area contributed by atoms with Crippen LogP contribution in [0.15, 0.2) is 59.1 Å². The van der Waals surface area contributed by atoms with E-state index in [1.165, 1.54) is 0 Å². The smallest absolute Gasteiger partial charge is 0.231 e. The Morgan fingerprint density at radius 1 is 0.968 bits per heavy atom. The molecular formula is C24H23BrClNO4. The van der Waals surface area contributed by atoms with Gasteiger partial charge in [0.1, 0.15) is 6.61 Å². The highest BCUT2D eigenvalue weighted by atomic mass is 79.9. The molecule has 1 aliphatic rings. The minimum absolute atomic E-state index is 0.283. The van der Waals surface area contributed by atoms with Crippen LogP contribution in [0.25, 0.3) is 0 Å². The van der Waals surface area contributed by atoms with Crippen molar-refractivity contribution in [3.63, 3.8) is 0 Å². The van der Waals surface area contributed by atoms with Crippen molar-refractivity contribution < 1.29 is 18.9 Å². The molecule has 0 saturated carbocycles. The van der Waals surface area contributed by atoms with E-state index in [0.29, 0.717) is 42.8 Å². The number of halogens is 2. The second kappa shape index (κ2) is 10.3. The van der Waals surface area contributed by atoms with Gasteiger partial charge in [0.15, 0.2) is 23.0 Å². The number of fused-ring (bicyclic) bond motifs is 1. The second-order valence-electron chi connectivity index (χ2n) is 7.01. The summed E-state index contributed by atoms with van der Waals surface area (Å²) in [6, 6.07) is 17.7. The average Bonchev–Trinajstić information content (AvgIpc) is 3.22. The zero-order valence-electron chi connectivity index (χ0n) is 17.1. The molecule has 0 saturated heterocycles. The molecule has 3 aromatic rings. The monoisotopic (exact) mass is 503 g/mol. The molecule has 5 nitrogen and oxygen atoms in total. The molecular weight excluding hydrogens is 482 g/mol. The third kappa shape index (κ3) is 5.45. The van der Waals surface area contributed by atoms with E-state index in [2.05, 4.69) is 21.2 Å². The average molecular weight is 505 g/mol. The fourth-order valence-electron chi connectivity index (χ4n) is 3.29. The summed E-state index contributed by atoms with van der Waals surface area (Å²) >= 11 is 9.88. The first-order chi connectivity index (χ1) is 15.1. The molecule has 0 aromatic heterocycles. The molecule has 0 bridgehead atoms. The van der Waals surface area contributed by atoms with Crippen molar-refractivity contribution >= 4 is 27.5 Å². The van der Waals surface area contributed by atoms with Gasteiger partial charge >= 0.3 is 0 Å². The molecule has 0 spiro atoms. The Morgan fingerprint density at radius 2 is 1.77 bits per heavy atom.